The zero-order valence-corrected chi connectivity index (χ0v) is 21.0. The second-order valence-corrected chi connectivity index (χ2v) is 7.22. The Hall–Kier alpha value is -3.60. The first-order valence-corrected chi connectivity index (χ1v) is 10.0. The first-order chi connectivity index (χ1) is 16.7. The number of carbonyl (C=O) groups is 8. The second kappa shape index (κ2) is 27.0. The van der Waals surface area contributed by atoms with Crippen molar-refractivity contribution in [1.82, 2.24) is 0 Å². The number of carboxylic acid groups (broad SMARTS) is 4. The molecule has 0 spiro atoms. The highest BCUT2D eigenvalue weighted by atomic mass is 16.4. The van der Waals surface area contributed by atoms with E-state index in [0.717, 1.165) is 0 Å². The summed E-state index contributed by atoms with van der Waals surface area (Å²) in [5.41, 5.74) is -1.11. The average molecular weight is 545 g/mol. The third-order valence-corrected chi connectivity index (χ3v) is 2.94. The van der Waals surface area contributed by atoms with Crippen molar-refractivity contribution in [3.8, 4) is 0 Å². The molecule has 0 atom stereocenters. The smallest absolute Gasteiger partial charge is 0.310 e. The van der Waals surface area contributed by atoms with Crippen LogP contribution in [0.2, 0.25) is 0 Å². The number of aliphatic hydroxyl groups excluding tert-OH is 4. The molecule has 0 rings (SSSR count). The maximum absolute atomic E-state index is 9.87. The number of aliphatic carboxylic acids is 4. The Balaban J connectivity index is -0.000000116. The molecule has 0 aliphatic rings. The summed E-state index contributed by atoms with van der Waals surface area (Å²) in [5, 5.41) is 65.4. The molecule has 0 aromatic heterocycles. The third kappa shape index (κ3) is 50.3. The van der Waals surface area contributed by atoms with Gasteiger partial charge in [0, 0.05) is 0 Å². The Morgan fingerprint density at radius 3 is 0.541 bits per heavy atom. The van der Waals surface area contributed by atoms with E-state index in [1.54, 1.807) is 0 Å². The van der Waals surface area contributed by atoms with Crippen LogP contribution >= 0.6 is 0 Å². The topological polar surface area (TPSA) is 298 Å². The molecule has 0 fully saturated rings. The van der Waals surface area contributed by atoms with Gasteiger partial charge in [-0.25, -0.2) is 0 Å². The van der Waals surface area contributed by atoms with Gasteiger partial charge in [-0.15, -0.1) is 0 Å². The molecular formula is C21H36O16. The zero-order valence-electron chi connectivity index (χ0n) is 21.0. The molecule has 0 bridgehead atoms. The number of aliphatic hydroxyl groups is 4. The molecule has 0 saturated carbocycles. The average Bonchev–Trinajstić information content (AvgIpc) is 2.68. The second-order valence-electron chi connectivity index (χ2n) is 7.22. The lowest BCUT2D eigenvalue weighted by Gasteiger charge is -2.23. The maximum Gasteiger partial charge on any atom is 0.310 e. The van der Waals surface area contributed by atoms with Crippen molar-refractivity contribution >= 4 is 47.0 Å². The SMILES string of the molecule is CC(=O)CC(=O)O.CC(=O)CC(=O)O.CC(=O)CC(=O)O.CC(=O)CC(=O)O.OCC(CO)(CO)CO. The standard InChI is InChI=1S/C5H12O4.4C4H6O3/c6-1-5(2-7,3-8)4-9;4*1-3(5)2-4(6)7/h6-9H,1-4H2;4*2H2,1H3,(H,6,7). The van der Waals surface area contributed by atoms with Crippen LogP contribution < -0.4 is 0 Å². The monoisotopic (exact) mass is 544 g/mol. The number of hydrogen-bond acceptors (Lipinski definition) is 12. The Bertz CT molecular complexity index is 567. The molecule has 0 unspecified atom stereocenters. The molecule has 0 aliphatic carbocycles. The summed E-state index contributed by atoms with van der Waals surface area (Å²) in [4.78, 5) is 77.8. The fraction of sp³-hybridized carbons (Fsp3) is 0.619. The molecule has 0 radical (unpaired) electrons. The molecule has 16 nitrogen and oxygen atoms in total. The first-order valence-electron chi connectivity index (χ1n) is 10.0. The summed E-state index contributed by atoms with van der Waals surface area (Å²) in [7, 11) is 0. The lowest BCUT2D eigenvalue weighted by atomic mass is 9.93. The number of hydrogen-bond donors (Lipinski definition) is 8. The van der Waals surface area contributed by atoms with Crippen LogP contribution in [0.3, 0.4) is 0 Å². The predicted octanol–water partition coefficient (Wildman–Crippen LogP) is -1.86. The van der Waals surface area contributed by atoms with Gasteiger partial charge in [0.1, 0.15) is 48.8 Å². The minimum atomic E-state index is -1.11. The van der Waals surface area contributed by atoms with Gasteiger partial charge in [-0.05, 0) is 27.7 Å². The lowest BCUT2D eigenvalue weighted by Crippen LogP contribution is -2.37. The van der Waals surface area contributed by atoms with E-state index in [1.807, 2.05) is 0 Å². The van der Waals surface area contributed by atoms with Crippen LogP contribution in [0.15, 0.2) is 0 Å². The highest BCUT2D eigenvalue weighted by Gasteiger charge is 2.26. The van der Waals surface area contributed by atoms with Crippen molar-refractivity contribution in [2.75, 3.05) is 26.4 Å². The van der Waals surface area contributed by atoms with Crippen molar-refractivity contribution in [2.45, 2.75) is 53.4 Å². The summed E-state index contributed by atoms with van der Waals surface area (Å²) in [6, 6.07) is 0. The van der Waals surface area contributed by atoms with Crippen LogP contribution in [-0.2, 0) is 38.4 Å². The minimum absolute atomic E-state index is 0.312. The molecule has 0 aromatic rings. The Morgan fingerprint density at radius 2 is 0.541 bits per heavy atom. The highest BCUT2D eigenvalue weighted by Crippen LogP contribution is 2.11. The van der Waals surface area contributed by atoms with E-state index in [9.17, 15) is 38.4 Å². The summed E-state index contributed by atoms with van der Waals surface area (Å²) in [6.07, 6.45) is -1.44. The van der Waals surface area contributed by atoms with Crippen molar-refractivity contribution in [2.24, 2.45) is 5.41 Å². The predicted molar refractivity (Wildman–Crippen MR) is 123 cm³/mol. The maximum atomic E-state index is 9.87. The van der Waals surface area contributed by atoms with E-state index in [4.69, 9.17) is 40.9 Å². The lowest BCUT2D eigenvalue weighted by molar-refractivity contribution is -0.141. The van der Waals surface area contributed by atoms with Gasteiger partial charge < -0.3 is 40.9 Å². The molecule has 0 amide bonds. The van der Waals surface area contributed by atoms with Gasteiger partial charge in [-0.3, -0.25) is 38.4 Å². The molecule has 8 N–H and O–H groups in total. The summed E-state index contributed by atoms with van der Waals surface area (Å²) in [6.45, 7) is 3.35. The Kier molecular flexibility index (Phi) is 31.7. The van der Waals surface area contributed by atoms with Crippen molar-refractivity contribution in [1.29, 1.82) is 0 Å². The van der Waals surface area contributed by atoms with Gasteiger partial charge in [0.15, 0.2) is 0 Å². The third-order valence-electron chi connectivity index (χ3n) is 2.94. The quantitative estimate of drug-likeness (QED) is 0.125. The van der Waals surface area contributed by atoms with Gasteiger partial charge in [0.25, 0.3) is 0 Å². The molecule has 0 aliphatic heterocycles. The molecule has 37 heavy (non-hydrogen) atoms. The molecule has 0 heterocycles. The van der Waals surface area contributed by atoms with E-state index in [0.29, 0.717) is 0 Å². The number of Topliss-reactive ketones (excluding diaryl/α,β-unsaturated/α-hetero) is 4. The molecule has 0 aromatic carbocycles. The van der Waals surface area contributed by atoms with Crippen molar-refractivity contribution in [3.05, 3.63) is 0 Å². The highest BCUT2D eigenvalue weighted by molar-refractivity contribution is 5.94. The van der Waals surface area contributed by atoms with E-state index in [1.165, 1.54) is 27.7 Å². The normalized spacial score (nSPS) is 9.08. The number of carboxylic acids is 4. The summed E-state index contributed by atoms with van der Waals surface area (Å²) in [5.74, 6) is -5.50. The molecular weight excluding hydrogens is 508 g/mol. The minimum Gasteiger partial charge on any atom is -0.481 e. The number of carbonyl (C=O) groups excluding carboxylic acids is 4. The van der Waals surface area contributed by atoms with E-state index in [-0.39, 0.29) is 48.8 Å². The van der Waals surface area contributed by atoms with E-state index in [2.05, 4.69) is 0 Å². The zero-order chi connectivity index (χ0) is 30.8. The van der Waals surface area contributed by atoms with Crippen LogP contribution in [-0.4, -0.2) is 114 Å². The summed E-state index contributed by atoms with van der Waals surface area (Å²) >= 11 is 0. The fourth-order valence-electron chi connectivity index (χ4n) is 1.15. The van der Waals surface area contributed by atoms with Crippen LogP contribution in [0.5, 0.6) is 0 Å². The Labute approximate surface area is 212 Å². The summed E-state index contributed by atoms with van der Waals surface area (Å²) < 4.78 is 0. The number of ketones is 4. The van der Waals surface area contributed by atoms with Gasteiger partial charge >= 0.3 is 23.9 Å². The van der Waals surface area contributed by atoms with Crippen LogP contribution in [0.1, 0.15) is 53.4 Å². The van der Waals surface area contributed by atoms with Crippen molar-refractivity contribution in [3.63, 3.8) is 0 Å². The first kappa shape index (κ1) is 43.5. The largest absolute Gasteiger partial charge is 0.481 e. The molecule has 0 saturated heterocycles. The van der Waals surface area contributed by atoms with Crippen LogP contribution in [0.4, 0.5) is 0 Å². The van der Waals surface area contributed by atoms with Gasteiger partial charge in [0.05, 0.1) is 31.8 Å². The molecule has 16 heteroatoms. The van der Waals surface area contributed by atoms with Crippen LogP contribution in [0.25, 0.3) is 0 Å². The van der Waals surface area contributed by atoms with Crippen LogP contribution in [0, 0.1) is 5.41 Å². The van der Waals surface area contributed by atoms with E-state index >= 15 is 0 Å². The van der Waals surface area contributed by atoms with Gasteiger partial charge in [-0.1, -0.05) is 0 Å². The van der Waals surface area contributed by atoms with Crippen molar-refractivity contribution < 1.29 is 79.2 Å². The van der Waals surface area contributed by atoms with Gasteiger partial charge in [0.2, 0.25) is 0 Å². The molecule has 216 valence electrons. The van der Waals surface area contributed by atoms with E-state index < -0.39 is 55.7 Å². The number of rotatable bonds is 12. The fourth-order valence-corrected chi connectivity index (χ4v) is 1.15. The van der Waals surface area contributed by atoms with Gasteiger partial charge in [-0.2, -0.15) is 0 Å². The Morgan fingerprint density at radius 1 is 0.405 bits per heavy atom.